The summed E-state index contributed by atoms with van der Waals surface area (Å²) in [4.78, 5) is 24.9. The zero-order valence-corrected chi connectivity index (χ0v) is 15.0. The van der Waals surface area contributed by atoms with Gasteiger partial charge in [0.15, 0.2) is 17.6 Å². The van der Waals surface area contributed by atoms with Gasteiger partial charge in [-0.05, 0) is 31.2 Å². The van der Waals surface area contributed by atoms with Gasteiger partial charge in [0.1, 0.15) is 0 Å². The highest BCUT2D eigenvalue weighted by Crippen LogP contribution is 2.29. The highest BCUT2D eigenvalue weighted by Gasteiger charge is 2.20. The molecule has 1 aromatic carbocycles. The number of hydrogen-bond donors (Lipinski definition) is 1. The number of benzene rings is 1. The third-order valence-corrected chi connectivity index (χ3v) is 4.48. The first-order valence-corrected chi connectivity index (χ1v) is 8.38. The van der Waals surface area contributed by atoms with Crippen molar-refractivity contribution in [3.8, 4) is 17.6 Å². The van der Waals surface area contributed by atoms with Crippen molar-refractivity contribution in [3.05, 3.63) is 45.6 Å². The van der Waals surface area contributed by atoms with Gasteiger partial charge >= 0.3 is 0 Å². The second kappa shape index (κ2) is 8.31. The van der Waals surface area contributed by atoms with Gasteiger partial charge in [0.2, 0.25) is 11.7 Å². The van der Waals surface area contributed by atoms with Crippen LogP contribution in [-0.4, -0.2) is 24.9 Å². The van der Waals surface area contributed by atoms with E-state index in [0.717, 1.165) is 4.88 Å². The van der Waals surface area contributed by atoms with E-state index in [0.29, 0.717) is 28.5 Å². The Bertz CT molecular complexity index is 823. The molecule has 7 heteroatoms. The Labute approximate surface area is 150 Å². The standard InChI is InChI=1S/C18H18N2O4S/c1-11(24-15-6-4-13(9-19)8-16(15)23-3)18(22)17-7-5-14(25-17)10-20-12(2)21/h4-8,11H,10H2,1-3H3,(H,20,21)/t11-/m0/s1. The summed E-state index contributed by atoms with van der Waals surface area (Å²) in [6.07, 6.45) is -0.714. The van der Waals surface area contributed by atoms with Crippen LogP contribution in [0.4, 0.5) is 0 Å². The maximum Gasteiger partial charge on any atom is 0.217 e. The molecule has 1 atom stereocenters. The quantitative estimate of drug-likeness (QED) is 0.769. The summed E-state index contributed by atoms with van der Waals surface area (Å²) in [7, 11) is 1.48. The van der Waals surface area contributed by atoms with E-state index in [1.165, 1.54) is 25.4 Å². The fraction of sp³-hybridized carbons (Fsp3) is 0.278. The Morgan fingerprint density at radius 1 is 1.28 bits per heavy atom. The second-order valence-electron chi connectivity index (χ2n) is 5.28. The van der Waals surface area contributed by atoms with Crippen molar-refractivity contribution in [1.82, 2.24) is 5.32 Å². The Balaban J connectivity index is 2.08. The molecule has 6 nitrogen and oxygen atoms in total. The lowest BCUT2D eigenvalue weighted by atomic mass is 10.2. The molecule has 0 radical (unpaired) electrons. The molecule has 25 heavy (non-hydrogen) atoms. The van der Waals surface area contributed by atoms with Gasteiger partial charge in [-0.15, -0.1) is 11.3 Å². The molecule has 1 heterocycles. The summed E-state index contributed by atoms with van der Waals surface area (Å²) in [6, 6.07) is 10.3. The molecule has 0 aliphatic rings. The van der Waals surface area contributed by atoms with Crippen LogP contribution in [0.5, 0.6) is 11.5 Å². The number of amides is 1. The van der Waals surface area contributed by atoms with Gasteiger partial charge in [0.25, 0.3) is 0 Å². The van der Waals surface area contributed by atoms with Crippen molar-refractivity contribution in [2.75, 3.05) is 7.11 Å². The van der Waals surface area contributed by atoms with Crippen LogP contribution in [0.25, 0.3) is 0 Å². The second-order valence-corrected chi connectivity index (χ2v) is 6.45. The predicted octanol–water partition coefficient (Wildman–Crippen LogP) is 2.91. The van der Waals surface area contributed by atoms with E-state index in [2.05, 4.69) is 5.32 Å². The van der Waals surface area contributed by atoms with Crippen LogP contribution < -0.4 is 14.8 Å². The van der Waals surface area contributed by atoms with E-state index < -0.39 is 6.10 Å². The van der Waals surface area contributed by atoms with Gasteiger partial charge in [0.05, 0.1) is 30.2 Å². The predicted molar refractivity (Wildman–Crippen MR) is 94.0 cm³/mol. The fourth-order valence-electron chi connectivity index (χ4n) is 2.10. The third kappa shape index (κ3) is 4.81. The lowest BCUT2D eigenvalue weighted by Crippen LogP contribution is -2.23. The number of nitrogens with one attached hydrogen (secondary N) is 1. The first kappa shape index (κ1) is 18.5. The lowest BCUT2D eigenvalue weighted by molar-refractivity contribution is -0.119. The Morgan fingerprint density at radius 3 is 2.68 bits per heavy atom. The molecule has 0 unspecified atom stereocenters. The average Bonchev–Trinajstić information content (AvgIpc) is 3.08. The molecule has 0 fully saturated rings. The van der Waals surface area contributed by atoms with Crippen molar-refractivity contribution >= 4 is 23.0 Å². The number of ketones is 1. The van der Waals surface area contributed by atoms with Crippen LogP contribution in [-0.2, 0) is 11.3 Å². The fourth-order valence-corrected chi connectivity index (χ4v) is 3.06. The van der Waals surface area contributed by atoms with Crippen LogP contribution in [0.1, 0.15) is 34.0 Å². The summed E-state index contributed by atoms with van der Waals surface area (Å²) in [5.41, 5.74) is 0.448. The van der Waals surface area contributed by atoms with Crippen LogP contribution >= 0.6 is 11.3 Å². The molecular formula is C18H18N2O4S. The number of carbonyl (C=O) groups excluding carboxylic acids is 2. The maximum atomic E-state index is 12.5. The van der Waals surface area contributed by atoms with E-state index in [1.807, 2.05) is 12.1 Å². The van der Waals surface area contributed by atoms with Crippen molar-refractivity contribution in [2.45, 2.75) is 26.5 Å². The zero-order chi connectivity index (χ0) is 18.4. The normalized spacial score (nSPS) is 11.3. The number of thiophene rings is 1. The molecule has 0 saturated heterocycles. The molecule has 0 aliphatic heterocycles. The molecule has 2 rings (SSSR count). The summed E-state index contributed by atoms with van der Waals surface area (Å²) in [6.45, 7) is 3.50. The minimum absolute atomic E-state index is 0.120. The number of Topliss-reactive ketones (excluding diaryl/α,β-unsaturated/α-hetero) is 1. The number of rotatable bonds is 7. The zero-order valence-electron chi connectivity index (χ0n) is 14.2. The minimum atomic E-state index is -0.714. The maximum absolute atomic E-state index is 12.5. The van der Waals surface area contributed by atoms with Crippen molar-refractivity contribution in [2.24, 2.45) is 0 Å². The Morgan fingerprint density at radius 2 is 2.04 bits per heavy atom. The third-order valence-electron chi connectivity index (χ3n) is 3.38. The smallest absolute Gasteiger partial charge is 0.217 e. The van der Waals surface area contributed by atoms with Gasteiger partial charge in [-0.3, -0.25) is 9.59 Å². The Kier molecular flexibility index (Phi) is 6.14. The molecular weight excluding hydrogens is 340 g/mol. The van der Waals surface area contributed by atoms with Crippen LogP contribution in [0, 0.1) is 11.3 Å². The van der Waals surface area contributed by atoms with Gasteiger partial charge in [-0.2, -0.15) is 5.26 Å². The van der Waals surface area contributed by atoms with Crippen LogP contribution in [0.15, 0.2) is 30.3 Å². The van der Waals surface area contributed by atoms with E-state index in [1.54, 1.807) is 31.2 Å². The number of carbonyl (C=O) groups is 2. The van der Waals surface area contributed by atoms with Gasteiger partial charge in [0, 0.05) is 17.9 Å². The van der Waals surface area contributed by atoms with Gasteiger partial charge in [-0.25, -0.2) is 0 Å². The number of nitriles is 1. The summed E-state index contributed by atoms with van der Waals surface area (Å²) in [5.74, 6) is 0.518. The Hall–Kier alpha value is -2.85. The lowest BCUT2D eigenvalue weighted by Gasteiger charge is -2.15. The SMILES string of the molecule is COc1cc(C#N)ccc1O[C@@H](C)C(=O)c1ccc(CNC(C)=O)s1. The van der Waals surface area contributed by atoms with Crippen LogP contribution in [0.3, 0.4) is 0 Å². The molecule has 1 amide bonds. The number of methoxy groups -OCH3 is 1. The van der Waals surface area contributed by atoms with E-state index >= 15 is 0 Å². The minimum Gasteiger partial charge on any atom is -0.493 e. The number of nitrogens with zero attached hydrogens (tertiary/aromatic N) is 1. The van der Waals surface area contributed by atoms with E-state index in [4.69, 9.17) is 14.7 Å². The topological polar surface area (TPSA) is 88.4 Å². The largest absolute Gasteiger partial charge is 0.493 e. The van der Waals surface area contributed by atoms with Crippen molar-refractivity contribution in [3.63, 3.8) is 0 Å². The first-order valence-electron chi connectivity index (χ1n) is 7.56. The van der Waals surface area contributed by atoms with E-state index in [9.17, 15) is 9.59 Å². The summed E-state index contributed by atoms with van der Waals surface area (Å²) >= 11 is 1.32. The molecule has 0 saturated carbocycles. The highest BCUT2D eigenvalue weighted by atomic mass is 32.1. The van der Waals surface area contributed by atoms with Crippen LogP contribution in [0.2, 0.25) is 0 Å². The molecule has 1 aromatic heterocycles. The molecule has 0 spiro atoms. The van der Waals surface area contributed by atoms with Gasteiger partial charge in [-0.1, -0.05) is 0 Å². The average molecular weight is 358 g/mol. The van der Waals surface area contributed by atoms with Crippen molar-refractivity contribution in [1.29, 1.82) is 5.26 Å². The first-order chi connectivity index (χ1) is 11.9. The monoisotopic (exact) mass is 358 g/mol. The van der Waals surface area contributed by atoms with Crippen molar-refractivity contribution < 1.29 is 19.1 Å². The highest BCUT2D eigenvalue weighted by molar-refractivity contribution is 7.14. The molecule has 130 valence electrons. The van der Waals surface area contributed by atoms with Gasteiger partial charge < -0.3 is 14.8 Å². The summed E-state index contributed by atoms with van der Waals surface area (Å²) < 4.78 is 10.9. The molecule has 0 aliphatic carbocycles. The number of ether oxygens (including phenoxy) is 2. The number of hydrogen-bond acceptors (Lipinski definition) is 6. The molecule has 0 bridgehead atoms. The summed E-state index contributed by atoms with van der Waals surface area (Å²) in [5, 5.41) is 11.6. The molecule has 2 aromatic rings. The van der Waals surface area contributed by atoms with E-state index in [-0.39, 0.29) is 11.7 Å². The molecule has 1 N–H and O–H groups in total.